The van der Waals surface area contributed by atoms with E-state index < -0.39 is 9.84 Å². The number of aromatic nitrogens is 1. The Balaban J connectivity index is 2.50. The monoisotopic (exact) mass is 261 g/mol. The Labute approximate surface area is 99.3 Å². The van der Waals surface area contributed by atoms with Gasteiger partial charge < -0.3 is 10.6 Å². The summed E-state index contributed by atoms with van der Waals surface area (Å²) in [6.45, 7) is 2.69. The third-order valence-corrected chi connectivity index (χ3v) is 6.15. The Morgan fingerprint density at radius 1 is 1.56 bits per heavy atom. The standard InChI is InChI=1S/C9H15N3O2S2/c1-3-12(2)9-7(8(10)11-15-9)16(13,14)6-4-5-6/h6H,3-5H2,1-2H3,(H2,10,11). The predicted molar refractivity (Wildman–Crippen MR) is 65.7 cm³/mol. The van der Waals surface area contributed by atoms with Gasteiger partial charge in [-0.25, -0.2) is 8.42 Å². The molecule has 5 nitrogen and oxygen atoms in total. The molecule has 0 unspecified atom stereocenters. The molecule has 1 saturated carbocycles. The summed E-state index contributed by atoms with van der Waals surface area (Å²) in [7, 11) is -1.41. The molecule has 90 valence electrons. The van der Waals surface area contributed by atoms with Crippen molar-refractivity contribution in [1.82, 2.24) is 4.37 Å². The van der Waals surface area contributed by atoms with Crippen LogP contribution in [-0.2, 0) is 9.84 Å². The van der Waals surface area contributed by atoms with Gasteiger partial charge in [0.05, 0.1) is 5.25 Å². The zero-order chi connectivity index (χ0) is 11.9. The third-order valence-electron chi connectivity index (χ3n) is 2.73. The zero-order valence-corrected chi connectivity index (χ0v) is 10.9. The lowest BCUT2D eigenvalue weighted by Crippen LogP contribution is -2.19. The largest absolute Gasteiger partial charge is 0.382 e. The molecule has 0 aromatic carbocycles. The Bertz CT molecular complexity index is 491. The number of sulfone groups is 1. The summed E-state index contributed by atoms with van der Waals surface area (Å²) in [6, 6.07) is 0. The number of rotatable bonds is 4. The molecule has 1 aliphatic rings. The Kier molecular flexibility index (Phi) is 2.83. The van der Waals surface area contributed by atoms with Crippen LogP contribution in [0.25, 0.3) is 0 Å². The molecule has 1 aliphatic carbocycles. The highest BCUT2D eigenvalue weighted by Gasteiger charge is 2.41. The van der Waals surface area contributed by atoms with Crippen molar-refractivity contribution in [1.29, 1.82) is 0 Å². The number of hydrogen-bond donors (Lipinski definition) is 1. The molecular formula is C9H15N3O2S2. The van der Waals surface area contributed by atoms with Crippen LogP contribution in [0.4, 0.5) is 10.8 Å². The first-order valence-electron chi connectivity index (χ1n) is 5.18. The van der Waals surface area contributed by atoms with Crippen molar-refractivity contribution in [3.63, 3.8) is 0 Å². The molecule has 2 N–H and O–H groups in total. The maximum Gasteiger partial charge on any atom is 0.187 e. The van der Waals surface area contributed by atoms with Crippen molar-refractivity contribution in [3.05, 3.63) is 0 Å². The Morgan fingerprint density at radius 2 is 2.19 bits per heavy atom. The highest BCUT2D eigenvalue weighted by Crippen LogP contribution is 2.42. The number of anilines is 2. The first-order chi connectivity index (χ1) is 7.48. The van der Waals surface area contributed by atoms with E-state index >= 15 is 0 Å². The predicted octanol–water partition coefficient (Wildman–Crippen LogP) is 1.12. The number of nitrogens with two attached hydrogens (primary N) is 1. The zero-order valence-electron chi connectivity index (χ0n) is 9.30. The van der Waals surface area contributed by atoms with E-state index in [4.69, 9.17) is 5.73 Å². The SMILES string of the molecule is CCN(C)c1snc(N)c1S(=O)(=O)C1CC1. The van der Waals surface area contributed by atoms with E-state index in [2.05, 4.69) is 4.37 Å². The van der Waals surface area contributed by atoms with Gasteiger partial charge in [0.2, 0.25) is 0 Å². The van der Waals surface area contributed by atoms with Crippen LogP contribution >= 0.6 is 11.5 Å². The second-order valence-electron chi connectivity index (χ2n) is 3.96. The topological polar surface area (TPSA) is 76.3 Å². The van der Waals surface area contributed by atoms with Crippen LogP contribution in [0.3, 0.4) is 0 Å². The summed E-state index contributed by atoms with van der Waals surface area (Å²) in [6.07, 6.45) is 1.49. The molecule has 0 amide bonds. The highest BCUT2D eigenvalue weighted by molar-refractivity contribution is 7.92. The Hall–Kier alpha value is -0.820. The average Bonchev–Trinajstić information content (AvgIpc) is 3.01. The van der Waals surface area contributed by atoms with Gasteiger partial charge in [0.15, 0.2) is 15.7 Å². The van der Waals surface area contributed by atoms with Crippen molar-refractivity contribution in [3.8, 4) is 0 Å². The quantitative estimate of drug-likeness (QED) is 0.879. The molecule has 1 aromatic rings. The molecule has 7 heteroatoms. The van der Waals surface area contributed by atoms with Gasteiger partial charge in [0.1, 0.15) is 9.90 Å². The van der Waals surface area contributed by atoms with Crippen LogP contribution in [0.1, 0.15) is 19.8 Å². The maximum atomic E-state index is 12.2. The normalized spacial score (nSPS) is 16.4. The maximum absolute atomic E-state index is 12.2. The molecule has 0 aliphatic heterocycles. The second kappa shape index (κ2) is 3.89. The van der Waals surface area contributed by atoms with Gasteiger partial charge in [-0.3, -0.25) is 0 Å². The molecule has 0 atom stereocenters. The third kappa shape index (κ3) is 1.78. The van der Waals surface area contributed by atoms with Crippen LogP contribution in [-0.4, -0.2) is 31.6 Å². The van der Waals surface area contributed by atoms with Crippen LogP contribution in [0.15, 0.2) is 4.90 Å². The molecule has 0 bridgehead atoms. The second-order valence-corrected chi connectivity index (χ2v) is 6.88. The number of nitrogen functional groups attached to an aromatic ring is 1. The van der Waals surface area contributed by atoms with E-state index in [-0.39, 0.29) is 16.0 Å². The number of hydrogen-bond acceptors (Lipinski definition) is 6. The summed E-state index contributed by atoms with van der Waals surface area (Å²) in [5, 5.41) is 0.419. The van der Waals surface area contributed by atoms with E-state index in [0.29, 0.717) is 5.00 Å². The fourth-order valence-electron chi connectivity index (χ4n) is 1.48. The first-order valence-corrected chi connectivity index (χ1v) is 7.50. The van der Waals surface area contributed by atoms with Gasteiger partial charge in [-0.1, -0.05) is 0 Å². The highest BCUT2D eigenvalue weighted by atomic mass is 32.2. The molecule has 2 rings (SSSR count). The summed E-state index contributed by atoms with van der Waals surface area (Å²) in [4.78, 5) is 2.10. The summed E-state index contributed by atoms with van der Waals surface area (Å²) in [5.41, 5.74) is 5.68. The minimum atomic E-state index is -3.26. The van der Waals surface area contributed by atoms with Crippen LogP contribution in [0.5, 0.6) is 0 Å². The molecule has 1 aromatic heterocycles. The van der Waals surface area contributed by atoms with Gasteiger partial charge in [-0.05, 0) is 31.3 Å². The average molecular weight is 261 g/mol. The lowest BCUT2D eigenvalue weighted by molar-refractivity contribution is 0.595. The molecule has 1 heterocycles. The van der Waals surface area contributed by atoms with Crippen LogP contribution in [0, 0.1) is 0 Å². The van der Waals surface area contributed by atoms with Crippen molar-refractivity contribution in [2.45, 2.75) is 29.9 Å². The molecule has 0 saturated heterocycles. The lowest BCUT2D eigenvalue weighted by atomic mass is 10.5. The van der Waals surface area contributed by atoms with Crippen LogP contribution in [0.2, 0.25) is 0 Å². The van der Waals surface area contributed by atoms with Gasteiger partial charge in [-0.15, -0.1) is 0 Å². The van der Waals surface area contributed by atoms with Crippen molar-refractivity contribution in [2.24, 2.45) is 0 Å². The van der Waals surface area contributed by atoms with Gasteiger partial charge >= 0.3 is 0 Å². The number of nitrogens with zero attached hydrogens (tertiary/aromatic N) is 2. The van der Waals surface area contributed by atoms with Crippen molar-refractivity contribution in [2.75, 3.05) is 24.2 Å². The smallest absolute Gasteiger partial charge is 0.187 e. The molecule has 1 fully saturated rings. The van der Waals surface area contributed by atoms with E-state index in [9.17, 15) is 8.42 Å². The minimum absolute atomic E-state index is 0.146. The van der Waals surface area contributed by atoms with E-state index in [1.54, 1.807) is 0 Å². The fourth-order valence-corrected chi connectivity index (χ4v) is 4.56. The summed E-state index contributed by atoms with van der Waals surface area (Å²) < 4.78 is 28.3. The van der Waals surface area contributed by atoms with Crippen molar-refractivity contribution < 1.29 is 8.42 Å². The van der Waals surface area contributed by atoms with Gasteiger partial charge in [0.25, 0.3) is 0 Å². The van der Waals surface area contributed by atoms with E-state index in [0.717, 1.165) is 30.9 Å². The summed E-state index contributed by atoms with van der Waals surface area (Å²) >= 11 is 1.15. The van der Waals surface area contributed by atoms with E-state index in [1.807, 2.05) is 18.9 Å². The molecular weight excluding hydrogens is 246 g/mol. The Morgan fingerprint density at radius 3 is 2.69 bits per heavy atom. The fraction of sp³-hybridized carbons (Fsp3) is 0.667. The summed E-state index contributed by atoms with van der Waals surface area (Å²) in [5.74, 6) is 0.146. The van der Waals surface area contributed by atoms with Crippen molar-refractivity contribution >= 4 is 32.2 Å². The molecule has 16 heavy (non-hydrogen) atoms. The minimum Gasteiger partial charge on any atom is -0.382 e. The first kappa shape index (κ1) is 11.7. The van der Waals surface area contributed by atoms with Gasteiger partial charge in [-0.2, -0.15) is 4.37 Å². The molecule has 0 spiro atoms. The van der Waals surface area contributed by atoms with E-state index in [1.165, 1.54) is 0 Å². The van der Waals surface area contributed by atoms with Crippen LogP contribution < -0.4 is 10.6 Å². The molecule has 0 radical (unpaired) electrons. The van der Waals surface area contributed by atoms with Gasteiger partial charge in [0, 0.05) is 13.6 Å². The lowest BCUT2D eigenvalue weighted by Gasteiger charge is -2.15.